The van der Waals surface area contributed by atoms with Crippen molar-refractivity contribution in [3.63, 3.8) is 0 Å². The van der Waals surface area contributed by atoms with Gasteiger partial charge in [0.1, 0.15) is 0 Å². The first kappa shape index (κ1) is 24.3. The molecule has 31 heavy (non-hydrogen) atoms. The Morgan fingerprint density at radius 1 is 1.00 bits per heavy atom. The van der Waals surface area contributed by atoms with Gasteiger partial charge < -0.3 is 5.32 Å². The maximum absolute atomic E-state index is 13.1. The predicted molar refractivity (Wildman–Crippen MR) is 112 cm³/mol. The third kappa shape index (κ3) is 6.14. The number of piperidine rings is 1. The molecule has 2 aliphatic rings. The molecule has 1 aromatic rings. The van der Waals surface area contributed by atoms with Crippen LogP contribution < -0.4 is 5.32 Å². The van der Waals surface area contributed by atoms with E-state index in [4.69, 9.17) is 11.6 Å². The first-order valence-corrected chi connectivity index (χ1v) is 12.6. The Kier molecular flexibility index (Phi) is 7.91. The van der Waals surface area contributed by atoms with Crippen LogP contribution in [0.15, 0.2) is 23.1 Å². The number of carbonyl (C=O) groups is 1. The Hall–Kier alpha value is -1.32. The zero-order valence-corrected chi connectivity index (χ0v) is 18.8. The van der Waals surface area contributed by atoms with Crippen LogP contribution in [0.2, 0.25) is 5.02 Å². The van der Waals surface area contributed by atoms with Gasteiger partial charge in [-0.25, -0.2) is 8.42 Å². The minimum absolute atomic E-state index is 0.0477. The lowest BCUT2D eigenvalue weighted by atomic mass is 9.94. The highest BCUT2D eigenvalue weighted by molar-refractivity contribution is 7.89. The van der Waals surface area contributed by atoms with Crippen molar-refractivity contribution in [2.45, 2.75) is 74.9 Å². The molecule has 1 aliphatic carbocycles. The van der Waals surface area contributed by atoms with Crippen molar-refractivity contribution in [2.75, 3.05) is 13.1 Å². The molecule has 10 heteroatoms. The fourth-order valence-electron chi connectivity index (χ4n) is 4.31. The summed E-state index contributed by atoms with van der Waals surface area (Å²) in [5, 5.41) is 2.58. The molecule has 0 aromatic heterocycles. The van der Waals surface area contributed by atoms with Crippen LogP contribution >= 0.6 is 11.6 Å². The number of hydrogen-bond donors (Lipinski definition) is 1. The Balaban J connectivity index is 1.61. The normalized spacial score (nSPS) is 20.8. The van der Waals surface area contributed by atoms with Crippen LogP contribution in [0.3, 0.4) is 0 Å². The third-order valence-electron chi connectivity index (χ3n) is 6.16. The first-order valence-electron chi connectivity index (χ1n) is 10.8. The van der Waals surface area contributed by atoms with Gasteiger partial charge in [0, 0.05) is 25.0 Å². The fourth-order valence-corrected chi connectivity index (χ4v) is 6.03. The molecule has 174 valence electrons. The number of halogens is 4. The Morgan fingerprint density at radius 2 is 1.58 bits per heavy atom. The first-order chi connectivity index (χ1) is 14.6. The van der Waals surface area contributed by atoms with Gasteiger partial charge in [-0.2, -0.15) is 17.5 Å². The molecule has 1 amide bonds. The van der Waals surface area contributed by atoms with E-state index in [1.807, 2.05) is 0 Å². The highest BCUT2D eigenvalue weighted by Crippen LogP contribution is 2.36. The van der Waals surface area contributed by atoms with Crippen LogP contribution in [0, 0.1) is 5.92 Å². The van der Waals surface area contributed by atoms with Crippen molar-refractivity contribution in [2.24, 2.45) is 5.92 Å². The zero-order valence-electron chi connectivity index (χ0n) is 17.3. The second kappa shape index (κ2) is 10.1. The van der Waals surface area contributed by atoms with Gasteiger partial charge in [-0.3, -0.25) is 4.79 Å². The van der Waals surface area contributed by atoms with E-state index in [2.05, 4.69) is 5.32 Å². The minimum Gasteiger partial charge on any atom is -0.353 e. The van der Waals surface area contributed by atoms with Crippen molar-refractivity contribution >= 4 is 27.5 Å². The fraction of sp³-hybridized carbons (Fsp3) is 0.667. The number of sulfonamides is 1. The highest BCUT2D eigenvalue weighted by Gasteiger charge is 2.37. The van der Waals surface area contributed by atoms with Crippen molar-refractivity contribution in [3.05, 3.63) is 28.8 Å². The third-order valence-corrected chi connectivity index (χ3v) is 8.38. The zero-order chi connectivity index (χ0) is 22.6. The molecule has 1 heterocycles. The lowest BCUT2D eigenvalue weighted by Gasteiger charge is -2.32. The van der Waals surface area contributed by atoms with Crippen LogP contribution in [0.25, 0.3) is 0 Å². The molecule has 1 saturated carbocycles. The Morgan fingerprint density at radius 3 is 2.16 bits per heavy atom. The summed E-state index contributed by atoms with van der Waals surface area (Å²) in [7, 11) is -4.10. The molecular formula is C21H28ClF3N2O3S. The van der Waals surface area contributed by atoms with Crippen molar-refractivity contribution < 1.29 is 26.4 Å². The second-order valence-electron chi connectivity index (χ2n) is 8.37. The number of amides is 1. The molecule has 0 bridgehead atoms. The van der Waals surface area contributed by atoms with E-state index in [9.17, 15) is 26.4 Å². The van der Waals surface area contributed by atoms with Crippen molar-refractivity contribution in [1.82, 2.24) is 9.62 Å². The lowest BCUT2D eigenvalue weighted by Crippen LogP contribution is -2.45. The number of alkyl halides is 3. The molecule has 1 aliphatic heterocycles. The summed E-state index contributed by atoms with van der Waals surface area (Å²) in [6, 6.07) is 2.78. The van der Waals surface area contributed by atoms with Gasteiger partial charge in [0.25, 0.3) is 0 Å². The number of carbonyl (C=O) groups excluding carboxylic acids is 1. The molecular weight excluding hydrogens is 453 g/mol. The topological polar surface area (TPSA) is 66.5 Å². The van der Waals surface area contributed by atoms with Gasteiger partial charge in [0.05, 0.1) is 15.5 Å². The van der Waals surface area contributed by atoms with Crippen LogP contribution in [0.5, 0.6) is 0 Å². The predicted octanol–water partition coefficient (Wildman–Crippen LogP) is 4.99. The quantitative estimate of drug-likeness (QED) is 0.660. The van der Waals surface area contributed by atoms with Gasteiger partial charge >= 0.3 is 6.18 Å². The van der Waals surface area contributed by atoms with Crippen LogP contribution in [-0.2, 0) is 21.0 Å². The van der Waals surface area contributed by atoms with Crippen LogP contribution in [0.1, 0.15) is 63.4 Å². The van der Waals surface area contributed by atoms with E-state index in [-0.39, 0.29) is 31.0 Å². The monoisotopic (exact) mass is 480 g/mol. The average molecular weight is 481 g/mol. The smallest absolute Gasteiger partial charge is 0.353 e. The summed E-state index contributed by atoms with van der Waals surface area (Å²) in [5.41, 5.74) is -1.18. The lowest BCUT2D eigenvalue weighted by molar-refractivity contribution is -0.137. The Labute approximate surface area is 186 Å². The summed E-state index contributed by atoms with van der Waals surface area (Å²) < 4.78 is 66.2. The van der Waals surface area contributed by atoms with E-state index < -0.39 is 31.7 Å². The van der Waals surface area contributed by atoms with Crippen molar-refractivity contribution in [1.29, 1.82) is 0 Å². The maximum atomic E-state index is 13.1. The highest BCUT2D eigenvalue weighted by atomic mass is 35.5. The van der Waals surface area contributed by atoms with E-state index in [0.29, 0.717) is 18.9 Å². The number of nitrogens with zero attached hydrogens (tertiary/aromatic N) is 1. The molecule has 0 unspecified atom stereocenters. The summed E-state index contributed by atoms with van der Waals surface area (Å²) in [5.74, 6) is -0.332. The van der Waals surface area contributed by atoms with Crippen molar-refractivity contribution in [3.8, 4) is 0 Å². The molecule has 1 aromatic carbocycles. The maximum Gasteiger partial charge on any atom is 0.417 e. The molecule has 2 fully saturated rings. The molecule has 5 nitrogen and oxygen atoms in total. The van der Waals surface area contributed by atoms with Crippen LogP contribution in [0.4, 0.5) is 13.2 Å². The van der Waals surface area contributed by atoms with Crippen LogP contribution in [-0.4, -0.2) is 37.8 Å². The number of rotatable bonds is 4. The summed E-state index contributed by atoms with van der Waals surface area (Å²) >= 11 is 5.60. The summed E-state index contributed by atoms with van der Waals surface area (Å²) in [6.45, 7) is 0.185. The average Bonchev–Trinajstić information content (AvgIpc) is 2.69. The van der Waals surface area contributed by atoms with E-state index in [1.54, 1.807) is 0 Å². The summed E-state index contributed by atoms with van der Waals surface area (Å²) in [4.78, 5) is 12.2. The van der Waals surface area contributed by atoms with Gasteiger partial charge in [0.15, 0.2) is 0 Å². The Bertz CT molecular complexity index is 876. The number of hydrogen-bond acceptors (Lipinski definition) is 3. The largest absolute Gasteiger partial charge is 0.417 e. The van der Waals surface area contributed by atoms with Gasteiger partial charge in [-0.05, 0) is 43.9 Å². The molecule has 0 radical (unpaired) electrons. The molecule has 0 atom stereocenters. The molecule has 1 N–H and O–H groups in total. The molecule has 3 rings (SSSR count). The number of nitrogens with one attached hydrogen (secondary N) is 1. The number of benzene rings is 1. The van der Waals surface area contributed by atoms with Gasteiger partial charge in [0.2, 0.25) is 15.9 Å². The van der Waals surface area contributed by atoms with E-state index in [0.717, 1.165) is 42.1 Å². The van der Waals surface area contributed by atoms with E-state index >= 15 is 0 Å². The minimum atomic E-state index is -4.75. The second-order valence-corrected chi connectivity index (χ2v) is 10.7. The SMILES string of the molecule is O=C(NC1CCCCCCC1)C1CCN(S(=O)(=O)c2ccc(Cl)c(C(F)(F)F)c2)CC1. The molecule has 0 spiro atoms. The molecule has 1 saturated heterocycles. The van der Waals surface area contributed by atoms with Gasteiger partial charge in [-0.15, -0.1) is 0 Å². The van der Waals surface area contributed by atoms with Gasteiger partial charge in [-0.1, -0.05) is 43.7 Å². The standard InChI is InChI=1S/C21H28ClF3N2O3S/c22-19-9-8-17(14-18(19)21(23,24)25)31(29,30)27-12-10-15(11-13-27)20(28)26-16-6-4-2-1-3-5-7-16/h8-9,14-16H,1-7,10-13H2,(H,26,28). The van der Waals surface area contributed by atoms with E-state index in [1.165, 1.54) is 19.3 Å². The summed E-state index contributed by atoms with van der Waals surface area (Å²) in [6.07, 6.45) is 3.69.